The summed E-state index contributed by atoms with van der Waals surface area (Å²) in [4.78, 5) is 0. The summed E-state index contributed by atoms with van der Waals surface area (Å²) in [6.07, 6.45) is 1.37. The van der Waals surface area contributed by atoms with Crippen LogP contribution in [0.1, 0.15) is 23.6 Å². The quantitative estimate of drug-likeness (QED) is 0.710. The van der Waals surface area contributed by atoms with Crippen LogP contribution < -0.4 is 0 Å². The third-order valence-corrected chi connectivity index (χ3v) is 3.51. The number of hydrogen-bond donors (Lipinski definition) is 0. The Balaban J connectivity index is 2.25. The molecule has 0 N–H and O–H groups in total. The predicted molar refractivity (Wildman–Crippen MR) is 80.0 cm³/mol. The van der Waals surface area contributed by atoms with Crippen molar-refractivity contribution in [2.24, 2.45) is 0 Å². The van der Waals surface area contributed by atoms with Gasteiger partial charge < -0.3 is 0 Å². The van der Waals surface area contributed by atoms with Crippen molar-refractivity contribution in [2.45, 2.75) is 19.8 Å². The number of allylic oxidation sites excluding steroid dienone is 1. The molecule has 0 radical (unpaired) electrons. The van der Waals surface area contributed by atoms with Crippen molar-refractivity contribution < 1.29 is 4.39 Å². The van der Waals surface area contributed by atoms with Gasteiger partial charge in [0.25, 0.3) is 0 Å². The van der Waals surface area contributed by atoms with Gasteiger partial charge in [-0.3, -0.25) is 0 Å². The van der Waals surface area contributed by atoms with Gasteiger partial charge >= 0.3 is 0 Å². The molecule has 0 heterocycles. The molecular formula is C17H16ClF. The third kappa shape index (κ3) is 3.24. The molecule has 0 saturated heterocycles. The van der Waals surface area contributed by atoms with E-state index < -0.39 is 0 Å². The number of aryl methyl sites for hydroxylation is 1. The number of hydrogen-bond acceptors (Lipinski definition) is 0. The summed E-state index contributed by atoms with van der Waals surface area (Å²) < 4.78 is 14.3. The van der Waals surface area contributed by atoms with Crippen LogP contribution in [0.3, 0.4) is 0 Å². The third-order valence-electron chi connectivity index (χ3n) is 3.15. The lowest BCUT2D eigenvalue weighted by Gasteiger charge is -2.10. The summed E-state index contributed by atoms with van der Waals surface area (Å²) in [6.45, 7) is 5.59. The maximum Gasteiger partial charge on any atom is 0.135 e. The van der Waals surface area contributed by atoms with Gasteiger partial charge in [-0.25, -0.2) is 4.39 Å². The van der Waals surface area contributed by atoms with E-state index in [1.807, 2.05) is 30.3 Å². The average molecular weight is 275 g/mol. The normalized spacial score (nSPS) is 10.5. The molecule has 2 rings (SSSR count). The molecule has 2 aromatic rings. The van der Waals surface area contributed by atoms with Gasteiger partial charge in [-0.15, -0.1) is 0 Å². The molecule has 2 heteroatoms. The van der Waals surface area contributed by atoms with Crippen LogP contribution in [0.25, 0.3) is 5.57 Å². The van der Waals surface area contributed by atoms with Crippen LogP contribution in [0, 0.1) is 5.82 Å². The van der Waals surface area contributed by atoms with Crippen molar-refractivity contribution in [1.82, 2.24) is 0 Å². The van der Waals surface area contributed by atoms with Gasteiger partial charge in [-0.1, -0.05) is 54.6 Å². The van der Waals surface area contributed by atoms with Gasteiger partial charge in [0.15, 0.2) is 0 Å². The molecule has 0 aliphatic rings. The first-order valence-corrected chi connectivity index (χ1v) is 6.64. The molecule has 0 amide bonds. The highest BCUT2D eigenvalue weighted by Gasteiger charge is 2.12. The topological polar surface area (TPSA) is 0 Å². The first-order chi connectivity index (χ1) is 9.09. The minimum atomic E-state index is -0.240. The number of benzene rings is 2. The fraction of sp³-hybridized carbons (Fsp3) is 0.176. The summed E-state index contributed by atoms with van der Waals surface area (Å²) in [5.74, 6) is -0.240. The smallest absolute Gasteiger partial charge is 0.135 e. The van der Waals surface area contributed by atoms with Crippen LogP contribution in [0.5, 0.6) is 0 Å². The molecule has 98 valence electrons. The molecule has 0 fully saturated rings. The minimum absolute atomic E-state index is 0.240. The Hall–Kier alpha value is -1.60. The molecule has 0 aliphatic carbocycles. The molecule has 0 saturated carbocycles. The SMILES string of the molecule is C=C(C)c1ccc(Cl)c(CCc2ccccc2)c1F. The zero-order chi connectivity index (χ0) is 13.8. The molecule has 0 atom stereocenters. The van der Waals surface area contributed by atoms with E-state index in [-0.39, 0.29) is 5.82 Å². The molecule has 0 aliphatic heterocycles. The average Bonchev–Trinajstić information content (AvgIpc) is 2.39. The fourth-order valence-electron chi connectivity index (χ4n) is 2.07. The fourth-order valence-corrected chi connectivity index (χ4v) is 2.31. The van der Waals surface area contributed by atoms with Gasteiger partial charge in [0.2, 0.25) is 0 Å². The van der Waals surface area contributed by atoms with Gasteiger partial charge in [0.1, 0.15) is 5.82 Å². The van der Waals surface area contributed by atoms with E-state index >= 15 is 0 Å². The van der Waals surface area contributed by atoms with Crippen LogP contribution in [0.4, 0.5) is 4.39 Å². The van der Waals surface area contributed by atoms with Crippen LogP contribution in [0.2, 0.25) is 5.02 Å². The lowest BCUT2D eigenvalue weighted by atomic mass is 9.99. The molecule has 0 unspecified atom stereocenters. The summed E-state index contributed by atoms with van der Waals surface area (Å²) in [5, 5.41) is 0.485. The summed E-state index contributed by atoms with van der Waals surface area (Å²) in [5.41, 5.74) is 3.02. The van der Waals surface area contributed by atoms with Crippen LogP contribution in [-0.2, 0) is 12.8 Å². The van der Waals surface area contributed by atoms with Crippen molar-refractivity contribution in [3.8, 4) is 0 Å². The standard InChI is InChI=1S/C17H16ClF/c1-12(2)14-10-11-16(18)15(17(14)19)9-8-13-6-4-3-5-7-13/h3-7,10-11H,1,8-9H2,2H3. The maximum absolute atomic E-state index is 14.3. The zero-order valence-electron chi connectivity index (χ0n) is 10.9. The van der Waals surface area contributed by atoms with Crippen molar-refractivity contribution in [3.63, 3.8) is 0 Å². The first-order valence-electron chi connectivity index (χ1n) is 6.26. The van der Waals surface area contributed by atoms with E-state index in [1.165, 1.54) is 5.56 Å². The number of rotatable bonds is 4. The molecule has 0 nitrogen and oxygen atoms in total. The molecule has 0 bridgehead atoms. The van der Waals surface area contributed by atoms with Gasteiger partial charge in [-0.2, -0.15) is 0 Å². The highest BCUT2D eigenvalue weighted by Crippen LogP contribution is 2.27. The largest absolute Gasteiger partial charge is 0.206 e. The second-order valence-electron chi connectivity index (χ2n) is 4.65. The Labute approximate surface area is 118 Å². The lowest BCUT2D eigenvalue weighted by molar-refractivity contribution is 0.605. The van der Waals surface area contributed by atoms with Gasteiger partial charge in [0, 0.05) is 16.1 Å². The summed E-state index contributed by atoms with van der Waals surface area (Å²) >= 11 is 6.10. The van der Waals surface area contributed by atoms with E-state index in [9.17, 15) is 4.39 Å². The van der Waals surface area contributed by atoms with Crippen molar-refractivity contribution in [3.05, 3.63) is 76.6 Å². The van der Waals surface area contributed by atoms with Crippen molar-refractivity contribution in [1.29, 1.82) is 0 Å². The van der Waals surface area contributed by atoms with E-state index in [0.717, 1.165) is 12.0 Å². The Morgan fingerprint density at radius 3 is 2.42 bits per heavy atom. The molecule has 2 aromatic carbocycles. The van der Waals surface area contributed by atoms with Gasteiger partial charge in [-0.05, 0) is 37.0 Å². The first kappa shape index (κ1) is 13.8. The highest BCUT2D eigenvalue weighted by molar-refractivity contribution is 6.31. The monoisotopic (exact) mass is 274 g/mol. The second kappa shape index (κ2) is 6.03. The lowest BCUT2D eigenvalue weighted by Crippen LogP contribution is -1.99. The van der Waals surface area contributed by atoms with E-state index in [4.69, 9.17) is 11.6 Å². The summed E-state index contributed by atoms with van der Waals surface area (Å²) in [7, 11) is 0. The van der Waals surface area contributed by atoms with Gasteiger partial charge in [0.05, 0.1) is 0 Å². The van der Waals surface area contributed by atoms with Crippen molar-refractivity contribution >= 4 is 17.2 Å². The van der Waals surface area contributed by atoms with E-state index in [0.29, 0.717) is 22.6 Å². The Morgan fingerprint density at radius 1 is 1.11 bits per heavy atom. The van der Waals surface area contributed by atoms with Crippen molar-refractivity contribution in [2.75, 3.05) is 0 Å². The Morgan fingerprint density at radius 2 is 1.79 bits per heavy atom. The van der Waals surface area contributed by atoms with E-state index in [1.54, 1.807) is 19.1 Å². The Bertz CT molecular complexity index is 588. The molecule has 0 aromatic heterocycles. The Kier molecular flexibility index (Phi) is 4.39. The van der Waals surface area contributed by atoms with Crippen LogP contribution >= 0.6 is 11.6 Å². The maximum atomic E-state index is 14.3. The highest BCUT2D eigenvalue weighted by atomic mass is 35.5. The molecule has 0 spiro atoms. The molecular weight excluding hydrogens is 259 g/mol. The second-order valence-corrected chi connectivity index (χ2v) is 5.06. The van der Waals surface area contributed by atoms with Crippen LogP contribution in [-0.4, -0.2) is 0 Å². The minimum Gasteiger partial charge on any atom is -0.206 e. The van der Waals surface area contributed by atoms with Crippen LogP contribution in [0.15, 0.2) is 49.0 Å². The molecule has 19 heavy (non-hydrogen) atoms. The number of halogens is 2. The zero-order valence-corrected chi connectivity index (χ0v) is 11.7. The predicted octanol–water partition coefficient (Wildman–Crippen LogP) is 5.30. The summed E-state index contributed by atoms with van der Waals surface area (Å²) in [6, 6.07) is 13.4. The van der Waals surface area contributed by atoms with E-state index in [2.05, 4.69) is 6.58 Å².